The number of nitrogens with one attached hydrogen (secondary N) is 1. The third-order valence-electron chi connectivity index (χ3n) is 4.67. The van der Waals surface area contributed by atoms with Crippen molar-refractivity contribution in [2.75, 3.05) is 24.2 Å². The van der Waals surface area contributed by atoms with Crippen LogP contribution in [-0.4, -0.2) is 51.0 Å². The van der Waals surface area contributed by atoms with E-state index in [2.05, 4.69) is 5.32 Å². The third-order valence-corrected chi connectivity index (χ3v) is 6.81. The zero-order chi connectivity index (χ0) is 24.2. The fourth-order valence-corrected chi connectivity index (χ4v) is 4.43. The van der Waals surface area contributed by atoms with Crippen LogP contribution in [0.4, 0.5) is 10.1 Å². The number of nitrogens with zero attached hydrogens (tertiary/aromatic N) is 2. The Morgan fingerprint density at radius 2 is 1.69 bits per heavy atom. The van der Waals surface area contributed by atoms with Gasteiger partial charge in [-0.2, -0.15) is 0 Å². The summed E-state index contributed by atoms with van der Waals surface area (Å²) in [5.41, 5.74) is 0.395. The highest BCUT2D eigenvalue weighted by Gasteiger charge is 2.30. The van der Waals surface area contributed by atoms with Crippen molar-refractivity contribution in [2.24, 2.45) is 0 Å². The minimum absolute atomic E-state index is 0.00410. The van der Waals surface area contributed by atoms with E-state index in [1.165, 1.54) is 20.0 Å². The number of hydrogen-bond donors (Lipinski definition) is 1. The Balaban J connectivity index is 2.46. The summed E-state index contributed by atoms with van der Waals surface area (Å²) in [5, 5.41) is 2.71. The first-order chi connectivity index (χ1) is 14.9. The van der Waals surface area contributed by atoms with E-state index in [0.29, 0.717) is 5.56 Å². The maximum Gasteiger partial charge on any atom is 0.244 e. The van der Waals surface area contributed by atoms with Crippen LogP contribution in [0.3, 0.4) is 0 Å². The molecule has 0 radical (unpaired) electrons. The minimum atomic E-state index is -3.96. The fourth-order valence-electron chi connectivity index (χ4n) is 2.90. The molecule has 0 spiro atoms. The lowest BCUT2D eigenvalue weighted by atomic mass is 10.1. The van der Waals surface area contributed by atoms with E-state index in [0.717, 1.165) is 27.6 Å². The van der Waals surface area contributed by atoms with Gasteiger partial charge in [0.25, 0.3) is 0 Å². The molecule has 0 aliphatic rings. The summed E-state index contributed by atoms with van der Waals surface area (Å²) in [6.07, 6.45) is 0.898. The van der Waals surface area contributed by atoms with E-state index in [1.807, 2.05) is 0 Å². The Hall–Kier alpha value is -2.07. The van der Waals surface area contributed by atoms with Crippen molar-refractivity contribution in [1.82, 2.24) is 10.2 Å². The molecule has 0 aliphatic carbocycles. The van der Waals surface area contributed by atoms with Crippen molar-refractivity contribution < 1.29 is 22.4 Å². The maximum atomic E-state index is 13.6. The van der Waals surface area contributed by atoms with E-state index >= 15 is 0 Å². The fraction of sp³-hybridized carbons (Fsp3) is 0.300. The normalized spacial score (nSPS) is 12.2. The van der Waals surface area contributed by atoms with E-state index < -0.39 is 40.2 Å². The molecule has 2 amide bonds. The summed E-state index contributed by atoms with van der Waals surface area (Å²) in [4.78, 5) is 26.7. The predicted molar refractivity (Wildman–Crippen MR) is 124 cm³/mol. The number of benzene rings is 2. The molecule has 7 nitrogen and oxygen atoms in total. The van der Waals surface area contributed by atoms with Crippen LogP contribution in [0.25, 0.3) is 0 Å². The Kier molecular flexibility index (Phi) is 8.75. The molecule has 32 heavy (non-hydrogen) atoms. The van der Waals surface area contributed by atoms with Gasteiger partial charge in [0.2, 0.25) is 21.8 Å². The van der Waals surface area contributed by atoms with Gasteiger partial charge in [0, 0.05) is 29.2 Å². The summed E-state index contributed by atoms with van der Waals surface area (Å²) in [7, 11) is -2.55. The SMILES string of the molecule is CNC(=O)[C@@H](C)N(Cc1c(Cl)cccc1Cl)C(=O)CN(c1ccc(F)c(Cl)c1)S(C)(=O)=O. The van der Waals surface area contributed by atoms with Crippen molar-refractivity contribution >= 4 is 62.3 Å². The highest BCUT2D eigenvalue weighted by Crippen LogP contribution is 2.28. The molecular weight excluding hydrogens is 504 g/mol. The first-order valence-electron chi connectivity index (χ1n) is 9.23. The number of halogens is 4. The third kappa shape index (κ3) is 6.25. The molecule has 0 aromatic heterocycles. The molecule has 0 aliphatic heterocycles. The lowest BCUT2D eigenvalue weighted by molar-refractivity contribution is -0.139. The van der Waals surface area contributed by atoms with Gasteiger partial charge >= 0.3 is 0 Å². The second-order valence-electron chi connectivity index (χ2n) is 6.88. The number of anilines is 1. The number of carbonyl (C=O) groups excluding carboxylic acids is 2. The highest BCUT2D eigenvalue weighted by atomic mass is 35.5. The van der Waals surface area contributed by atoms with E-state index in [1.54, 1.807) is 18.2 Å². The van der Waals surface area contributed by atoms with Crippen LogP contribution in [0.5, 0.6) is 0 Å². The van der Waals surface area contributed by atoms with Crippen molar-refractivity contribution in [3.63, 3.8) is 0 Å². The van der Waals surface area contributed by atoms with Crippen molar-refractivity contribution in [2.45, 2.75) is 19.5 Å². The van der Waals surface area contributed by atoms with Gasteiger partial charge < -0.3 is 10.2 Å². The summed E-state index contributed by atoms with van der Waals surface area (Å²) >= 11 is 18.2. The Morgan fingerprint density at radius 1 is 1.09 bits per heavy atom. The molecule has 0 bridgehead atoms. The van der Waals surface area contributed by atoms with Crippen LogP contribution in [0.1, 0.15) is 12.5 Å². The summed E-state index contributed by atoms with van der Waals surface area (Å²) in [5.74, 6) is -1.92. The molecule has 2 aromatic rings. The topological polar surface area (TPSA) is 86.8 Å². The molecule has 174 valence electrons. The smallest absolute Gasteiger partial charge is 0.244 e. The summed E-state index contributed by atoms with van der Waals surface area (Å²) in [6, 6.07) is 7.10. The number of likely N-dealkylation sites (N-methyl/N-ethyl adjacent to an activating group) is 1. The van der Waals surface area contributed by atoms with Gasteiger partial charge in [-0.15, -0.1) is 0 Å². The van der Waals surface area contributed by atoms with Gasteiger partial charge in [0.15, 0.2) is 0 Å². The first-order valence-corrected chi connectivity index (χ1v) is 12.2. The van der Waals surface area contributed by atoms with Gasteiger partial charge in [-0.3, -0.25) is 13.9 Å². The van der Waals surface area contributed by atoms with Gasteiger partial charge in [0.05, 0.1) is 17.0 Å². The standard InChI is InChI=1S/C20H21Cl3FN3O4S/c1-12(20(29)25-2)26(10-14-15(21)5-4-6-16(14)22)19(28)11-27(32(3,30)31)13-7-8-18(24)17(23)9-13/h4-9,12H,10-11H2,1-3H3,(H,25,29)/t12-/m1/s1. The molecule has 0 heterocycles. The van der Waals surface area contributed by atoms with Crippen LogP contribution >= 0.6 is 34.8 Å². The largest absolute Gasteiger partial charge is 0.357 e. The molecule has 1 N–H and O–H groups in total. The Morgan fingerprint density at radius 3 is 2.19 bits per heavy atom. The molecule has 0 unspecified atom stereocenters. The van der Waals surface area contributed by atoms with Crippen LogP contribution in [0.15, 0.2) is 36.4 Å². The van der Waals surface area contributed by atoms with Crippen LogP contribution in [0, 0.1) is 5.82 Å². The molecule has 2 aromatic carbocycles. The van der Waals surface area contributed by atoms with Gasteiger partial charge in [-0.05, 0) is 37.3 Å². The molecule has 0 fully saturated rings. The monoisotopic (exact) mass is 523 g/mol. The average molecular weight is 525 g/mol. The van der Waals surface area contributed by atoms with Crippen molar-refractivity contribution in [1.29, 1.82) is 0 Å². The first kappa shape index (κ1) is 26.2. The molecule has 1 atom stereocenters. The second kappa shape index (κ2) is 10.7. The lowest BCUT2D eigenvalue weighted by Crippen LogP contribution is -2.50. The maximum absolute atomic E-state index is 13.6. The zero-order valence-corrected chi connectivity index (χ0v) is 20.5. The van der Waals surface area contributed by atoms with E-state index in [4.69, 9.17) is 34.8 Å². The quantitative estimate of drug-likeness (QED) is 0.570. The lowest BCUT2D eigenvalue weighted by Gasteiger charge is -2.31. The van der Waals surface area contributed by atoms with Crippen LogP contribution < -0.4 is 9.62 Å². The molecule has 0 saturated heterocycles. The van der Waals surface area contributed by atoms with Crippen molar-refractivity contribution in [3.8, 4) is 0 Å². The molecule has 2 rings (SSSR count). The highest BCUT2D eigenvalue weighted by molar-refractivity contribution is 7.92. The second-order valence-corrected chi connectivity index (χ2v) is 10.0. The Labute approximate surface area is 201 Å². The number of hydrogen-bond acceptors (Lipinski definition) is 4. The van der Waals surface area contributed by atoms with Gasteiger partial charge in [0.1, 0.15) is 18.4 Å². The number of amides is 2. The van der Waals surface area contributed by atoms with Crippen LogP contribution in [0.2, 0.25) is 15.1 Å². The minimum Gasteiger partial charge on any atom is -0.357 e. The van der Waals surface area contributed by atoms with Crippen LogP contribution in [-0.2, 0) is 26.2 Å². The summed E-state index contributed by atoms with van der Waals surface area (Å²) < 4.78 is 39.2. The molecular formula is C20H21Cl3FN3O4S. The number of rotatable bonds is 8. The van der Waals surface area contributed by atoms with E-state index in [9.17, 15) is 22.4 Å². The number of sulfonamides is 1. The predicted octanol–water partition coefficient (Wildman–Crippen LogP) is 3.72. The summed E-state index contributed by atoms with van der Waals surface area (Å²) in [6.45, 7) is 0.679. The molecule has 12 heteroatoms. The van der Waals surface area contributed by atoms with Crippen molar-refractivity contribution in [3.05, 3.63) is 62.8 Å². The average Bonchev–Trinajstić information content (AvgIpc) is 2.72. The van der Waals surface area contributed by atoms with E-state index in [-0.39, 0.29) is 27.3 Å². The molecule has 0 saturated carbocycles. The Bertz CT molecular complexity index is 1110. The van der Waals surface area contributed by atoms with Gasteiger partial charge in [-0.25, -0.2) is 12.8 Å². The van der Waals surface area contributed by atoms with Gasteiger partial charge in [-0.1, -0.05) is 40.9 Å². The number of carbonyl (C=O) groups is 2. The zero-order valence-electron chi connectivity index (χ0n) is 17.4.